The monoisotopic (exact) mass is 298 g/mol. The van der Waals surface area contributed by atoms with Crippen LogP contribution in [0, 0.1) is 11.3 Å². The molecular weight excluding hydrogens is 284 g/mol. The molecule has 0 fully saturated rings. The molecule has 1 aromatic heterocycles. The zero-order valence-corrected chi connectivity index (χ0v) is 12.1. The lowest BCUT2D eigenvalue weighted by molar-refractivity contribution is 0.0462. The number of rotatable bonds is 4. The second kappa shape index (κ2) is 6.49. The van der Waals surface area contributed by atoms with Crippen LogP contribution in [0.4, 0.5) is 11.9 Å². The van der Waals surface area contributed by atoms with Crippen molar-refractivity contribution in [1.82, 2.24) is 15.0 Å². The molecule has 0 aliphatic heterocycles. The number of hydrogen-bond acceptors (Lipinski definition) is 8. The predicted molar refractivity (Wildman–Crippen MR) is 78.8 cm³/mol. The van der Waals surface area contributed by atoms with Crippen molar-refractivity contribution >= 4 is 17.9 Å². The van der Waals surface area contributed by atoms with Crippen LogP contribution in [0.1, 0.15) is 21.7 Å². The highest BCUT2D eigenvalue weighted by Crippen LogP contribution is 2.09. The van der Waals surface area contributed by atoms with Crippen molar-refractivity contribution in [2.75, 3.05) is 24.7 Å². The van der Waals surface area contributed by atoms with E-state index in [1.54, 1.807) is 37.2 Å². The van der Waals surface area contributed by atoms with Gasteiger partial charge < -0.3 is 15.4 Å². The first kappa shape index (κ1) is 15.2. The van der Waals surface area contributed by atoms with Gasteiger partial charge >= 0.3 is 5.97 Å². The molecule has 2 aromatic rings. The summed E-state index contributed by atoms with van der Waals surface area (Å²) in [6.45, 7) is -0.136. The molecule has 0 amide bonds. The van der Waals surface area contributed by atoms with Crippen molar-refractivity contribution in [2.24, 2.45) is 0 Å². The summed E-state index contributed by atoms with van der Waals surface area (Å²) in [5, 5.41) is 8.82. The molecular formula is C14H14N6O2. The molecule has 2 N–H and O–H groups in total. The third-order valence-electron chi connectivity index (χ3n) is 2.65. The van der Waals surface area contributed by atoms with E-state index < -0.39 is 5.97 Å². The Labute approximate surface area is 127 Å². The van der Waals surface area contributed by atoms with E-state index in [9.17, 15) is 4.79 Å². The fourth-order valence-corrected chi connectivity index (χ4v) is 1.62. The molecule has 112 valence electrons. The van der Waals surface area contributed by atoms with E-state index >= 15 is 0 Å². The minimum atomic E-state index is -0.567. The number of nitriles is 1. The van der Waals surface area contributed by atoms with Crippen molar-refractivity contribution in [3.8, 4) is 6.07 Å². The van der Waals surface area contributed by atoms with Gasteiger partial charge in [0.15, 0.2) is 12.4 Å². The molecule has 0 unspecified atom stereocenters. The lowest BCUT2D eigenvalue weighted by Gasteiger charge is -2.11. The van der Waals surface area contributed by atoms with Gasteiger partial charge in [-0.2, -0.15) is 20.2 Å². The maximum atomic E-state index is 11.9. The van der Waals surface area contributed by atoms with Gasteiger partial charge in [-0.3, -0.25) is 0 Å². The van der Waals surface area contributed by atoms with Gasteiger partial charge in [-0.15, -0.1) is 0 Å². The highest BCUT2D eigenvalue weighted by molar-refractivity contribution is 5.89. The summed E-state index contributed by atoms with van der Waals surface area (Å²) in [5.41, 5.74) is 6.26. The van der Waals surface area contributed by atoms with Gasteiger partial charge in [0.2, 0.25) is 11.9 Å². The van der Waals surface area contributed by atoms with Crippen molar-refractivity contribution in [2.45, 2.75) is 6.61 Å². The lowest BCUT2D eigenvalue weighted by Crippen LogP contribution is -2.17. The van der Waals surface area contributed by atoms with E-state index in [1.807, 2.05) is 6.07 Å². The largest absolute Gasteiger partial charge is 0.454 e. The Balaban J connectivity index is 2.09. The first-order valence-electron chi connectivity index (χ1n) is 6.34. The average molecular weight is 298 g/mol. The van der Waals surface area contributed by atoms with E-state index in [0.717, 1.165) is 0 Å². The van der Waals surface area contributed by atoms with Crippen LogP contribution in [0.15, 0.2) is 24.3 Å². The van der Waals surface area contributed by atoms with Gasteiger partial charge in [-0.1, -0.05) is 6.07 Å². The van der Waals surface area contributed by atoms with Crippen LogP contribution in [0.5, 0.6) is 0 Å². The summed E-state index contributed by atoms with van der Waals surface area (Å²) in [5.74, 6) is 0.115. The zero-order chi connectivity index (χ0) is 16.1. The highest BCUT2D eigenvalue weighted by Gasteiger charge is 2.11. The number of nitrogen functional groups attached to an aromatic ring is 1. The molecule has 22 heavy (non-hydrogen) atoms. The van der Waals surface area contributed by atoms with E-state index in [4.69, 9.17) is 15.7 Å². The number of nitrogens with two attached hydrogens (primary N) is 1. The van der Waals surface area contributed by atoms with E-state index in [2.05, 4.69) is 15.0 Å². The van der Waals surface area contributed by atoms with E-state index in [1.165, 1.54) is 6.07 Å². The number of nitrogens with zero attached hydrogens (tertiary/aromatic N) is 5. The third-order valence-corrected chi connectivity index (χ3v) is 2.65. The second-order valence-corrected chi connectivity index (χ2v) is 4.57. The fraction of sp³-hybridized carbons (Fsp3) is 0.214. The summed E-state index contributed by atoms with van der Waals surface area (Å²) in [4.78, 5) is 25.6. The first-order valence-corrected chi connectivity index (χ1v) is 6.34. The Bertz CT molecular complexity index is 738. The van der Waals surface area contributed by atoms with Gasteiger partial charge in [-0.25, -0.2) is 4.79 Å². The zero-order valence-electron chi connectivity index (χ0n) is 12.1. The number of ether oxygens (including phenoxy) is 1. The summed E-state index contributed by atoms with van der Waals surface area (Å²) in [6, 6.07) is 8.20. The van der Waals surface area contributed by atoms with Crippen molar-refractivity contribution in [3.05, 3.63) is 41.2 Å². The van der Waals surface area contributed by atoms with Crippen LogP contribution in [-0.2, 0) is 11.3 Å². The summed E-state index contributed by atoms with van der Waals surface area (Å²) < 4.78 is 5.13. The van der Waals surface area contributed by atoms with Gasteiger partial charge in [0.1, 0.15) is 0 Å². The number of benzene rings is 1. The molecule has 1 heterocycles. The minimum absolute atomic E-state index is 0.0521. The third kappa shape index (κ3) is 3.67. The predicted octanol–water partition coefficient (Wildman–Crippen LogP) is 0.748. The smallest absolute Gasteiger partial charge is 0.338 e. The molecule has 8 heteroatoms. The van der Waals surface area contributed by atoms with Gasteiger partial charge in [0, 0.05) is 14.1 Å². The first-order chi connectivity index (χ1) is 10.5. The highest BCUT2D eigenvalue weighted by atomic mass is 16.5. The summed E-state index contributed by atoms with van der Waals surface area (Å²) >= 11 is 0. The standard InChI is InChI=1S/C14H14N6O2/c1-20(2)14-18-11(17-13(16)19-14)8-22-12(21)10-5-3-4-9(6-10)7-15/h3-6H,8H2,1-2H3,(H2,16,17,18,19). The average Bonchev–Trinajstić information content (AvgIpc) is 2.52. The minimum Gasteiger partial charge on any atom is -0.454 e. The van der Waals surface area contributed by atoms with Crippen molar-refractivity contribution in [3.63, 3.8) is 0 Å². The molecule has 0 atom stereocenters. The number of carbonyl (C=O) groups excluding carboxylic acids is 1. The Morgan fingerprint density at radius 1 is 1.36 bits per heavy atom. The van der Waals surface area contributed by atoms with Gasteiger partial charge in [0.25, 0.3) is 0 Å². The Kier molecular flexibility index (Phi) is 4.48. The van der Waals surface area contributed by atoms with Crippen LogP contribution >= 0.6 is 0 Å². The fourth-order valence-electron chi connectivity index (χ4n) is 1.62. The Hall–Kier alpha value is -3.21. The van der Waals surface area contributed by atoms with E-state index in [-0.39, 0.29) is 23.9 Å². The molecule has 0 aliphatic carbocycles. The van der Waals surface area contributed by atoms with Gasteiger partial charge in [-0.05, 0) is 18.2 Å². The molecule has 0 radical (unpaired) electrons. The number of anilines is 2. The lowest BCUT2D eigenvalue weighted by atomic mass is 10.1. The Morgan fingerprint density at radius 3 is 2.82 bits per heavy atom. The van der Waals surface area contributed by atoms with E-state index in [0.29, 0.717) is 11.5 Å². The molecule has 0 saturated carbocycles. The second-order valence-electron chi connectivity index (χ2n) is 4.57. The topological polar surface area (TPSA) is 118 Å². The summed E-state index contributed by atoms with van der Waals surface area (Å²) in [6.07, 6.45) is 0. The quantitative estimate of drug-likeness (QED) is 0.821. The van der Waals surface area contributed by atoms with Crippen molar-refractivity contribution < 1.29 is 9.53 Å². The van der Waals surface area contributed by atoms with Crippen LogP contribution in [0.2, 0.25) is 0 Å². The normalized spacial score (nSPS) is 9.86. The number of carbonyl (C=O) groups is 1. The molecule has 2 rings (SSSR count). The van der Waals surface area contributed by atoms with Crippen molar-refractivity contribution in [1.29, 1.82) is 5.26 Å². The molecule has 0 bridgehead atoms. The van der Waals surface area contributed by atoms with Crippen LogP contribution in [0.25, 0.3) is 0 Å². The number of aromatic nitrogens is 3. The Morgan fingerprint density at radius 2 is 2.14 bits per heavy atom. The maximum absolute atomic E-state index is 11.9. The molecule has 0 aliphatic rings. The molecule has 0 spiro atoms. The van der Waals surface area contributed by atoms with Gasteiger partial charge in [0.05, 0.1) is 17.2 Å². The van der Waals surface area contributed by atoms with Crippen LogP contribution < -0.4 is 10.6 Å². The molecule has 0 saturated heterocycles. The number of esters is 1. The van der Waals surface area contributed by atoms with Crippen LogP contribution in [-0.4, -0.2) is 35.0 Å². The molecule has 8 nitrogen and oxygen atoms in total. The maximum Gasteiger partial charge on any atom is 0.338 e. The SMILES string of the molecule is CN(C)c1nc(N)nc(COC(=O)c2cccc(C#N)c2)n1. The number of hydrogen-bond donors (Lipinski definition) is 1. The molecule has 1 aromatic carbocycles. The van der Waals surface area contributed by atoms with Crippen LogP contribution in [0.3, 0.4) is 0 Å². The summed E-state index contributed by atoms with van der Waals surface area (Å²) in [7, 11) is 3.52.